The molecule has 0 saturated heterocycles. The van der Waals surface area contributed by atoms with Gasteiger partial charge in [0.05, 0.1) is 0 Å². The second kappa shape index (κ2) is 7.26. The van der Waals surface area contributed by atoms with Crippen LogP contribution in [0, 0.1) is 0 Å². The van der Waals surface area contributed by atoms with E-state index in [9.17, 15) is 4.57 Å². The lowest BCUT2D eigenvalue weighted by atomic mass is 10.0. The van der Waals surface area contributed by atoms with Gasteiger partial charge in [-0.15, -0.1) is 4.67 Å². The Morgan fingerprint density at radius 2 is 1.85 bits per heavy atom. The van der Waals surface area contributed by atoms with E-state index in [1.807, 2.05) is 24.3 Å². The third-order valence-corrected chi connectivity index (χ3v) is 6.09. The van der Waals surface area contributed by atoms with Crippen LogP contribution in [-0.4, -0.2) is 18.9 Å². The molecule has 1 aromatic rings. The molecule has 1 aliphatic carbocycles. The fourth-order valence-corrected chi connectivity index (χ4v) is 4.27. The molecule has 2 rings (SSSR count). The van der Waals surface area contributed by atoms with Crippen LogP contribution >= 0.6 is 7.37 Å². The zero-order valence-electron chi connectivity index (χ0n) is 12.1. The van der Waals surface area contributed by atoms with Crippen LogP contribution < -0.4 is 10.6 Å². The highest BCUT2D eigenvalue weighted by Crippen LogP contribution is 2.53. The highest BCUT2D eigenvalue weighted by Gasteiger charge is 2.32. The van der Waals surface area contributed by atoms with Gasteiger partial charge in [-0.1, -0.05) is 31.4 Å². The Kier molecular flexibility index (Phi) is 5.64. The van der Waals surface area contributed by atoms with Gasteiger partial charge < -0.3 is 10.6 Å². The molecule has 4 nitrogen and oxygen atoms in total. The molecule has 0 heterocycles. The van der Waals surface area contributed by atoms with Gasteiger partial charge in [0.1, 0.15) is 0 Å². The molecule has 1 saturated carbocycles. The van der Waals surface area contributed by atoms with E-state index < -0.39 is 7.37 Å². The quantitative estimate of drug-likeness (QED) is 0.493. The van der Waals surface area contributed by atoms with Crippen molar-refractivity contribution < 1.29 is 14.1 Å². The van der Waals surface area contributed by atoms with Gasteiger partial charge in [0, 0.05) is 12.3 Å². The second-order valence-electron chi connectivity index (χ2n) is 5.54. The number of rotatable bonds is 6. The van der Waals surface area contributed by atoms with E-state index in [2.05, 4.69) is 0 Å². The molecule has 0 aromatic heterocycles. The van der Waals surface area contributed by atoms with Crippen molar-refractivity contribution >= 4 is 7.37 Å². The predicted octanol–water partition coefficient (Wildman–Crippen LogP) is 3.74. The molecule has 0 bridgehead atoms. The first kappa shape index (κ1) is 15.6. The van der Waals surface area contributed by atoms with Crippen molar-refractivity contribution in [2.45, 2.75) is 44.2 Å². The van der Waals surface area contributed by atoms with Gasteiger partial charge in [-0.2, -0.15) is 0 Å². The molecular formula is C15H24NO3P. The van der Waals surface area contributed by atoms with Gasteiger partial charge in [-0.05, 0) is 43.5 Å². The molecular weight excluding hydrogens is 273 g/mol. The van der Waals surface area contributed by atoms with Crippen LogP contribution in [0.1, 0.15) is 37.7 Å². The Balaban J connectivity index is 1.88. The van der Waals surface area contributed by atoms with Crippen LogP contribution in [0.4, 0.5) is 0 Å². The average molecular weight is 297 g/mol. The molecule has 1 fully saturated rings. The molecule has 1 aliphatic rings. The second-order valence-corrected chi connectivity index (χ2v) is 8.24. The van der Waals surface area contributed by atoms with Gasteiger partial charge in [-0.3, -0.25) is 4.57 Å². The van der Waals surface area contributed by atoms with E-state index in [1.165, 1.54) is 6.42 Å². The van der Waals surface area contributed by atoms with Crippen LogP contribution in [0.5, 0.6) is 5.75 Å². The van der Waals surface area contributed by atoms with E-state index in [-0.39, 0.29) is 5.66 Å². The first-order valence-electron chi connectivity index (χ1n) is 7.34. The first-order valence-corrected chi connectivity index (χ1v) is 9.48. The lowest BCUT2D eigenvalue weighted by Crippen LogP contribution is -2.15. The maximum atomic E-state index is 12.5. The number of benzene rings is 1. The Labute approximate surface area is 121 Å². The maximum Gasteiger partial charge on any atom is 0.248 e. The largest absolute Gasteiger partial charge is 0.331 e. The molecule has 2 N–H and O–H groups in total. The van der Waals surface area contributed by atoms with Crippen LogP contribution in [0.3, 0.4) is 0 Å². The Hall–Kier alpha value is -0.830. The molecule has 1 unspecified atom stereocenters. The summed E-state index contributed by atoms with van der Waals surface area (Å²) in [6.45, 7) is 2.31. The summed E-state index contributed by atoms with van der Waals surface area (Å²) in [7, 11) is -2.70. The molecule has 5 heteroatoms. The van der Waals surface area contributed by atoms with Gasteiger partial charge in [0.25, 0.3) is 0 Å². The Morgan fingerprint density at radius 3 is 2.45 bits per heavy atom. The zero-order valence-corrected chi connectivity index (χ0v) is 13.0. The minimum absolute atomic E-state index is 0.146. The molecule has 0 spiro atoms. The van der Waals surface area contributed by atoms with Crippen molar-refractivity contribution in [1.82, 2.24) is 0 Å². The van der Waals surface area contributed by atoms with Crippen molar-refractivity contribution in [2.75, 3.05) is 13.2 Å². The van der Waals surface area contributed by atoms with Gasteiger partial charge in [-0.25, -0.2) is 0 Å². The summed E-state index contributed by atoms with van der Waals surface area (Å²) in [4.78, 5) is 5.26. The van der Waals surface area contributed by atoms with Gasteiger partial charge in [0.2, 0.25) is 7.37 Å². The third-order valence-electron chi connectivity index (χ3n) is 3.88. The topological polar surface area (TPSA) is 61.5 Å². The Bertz CT molecular complexity index is 455. The maximum absolute atomic E-state index is 12.5. The minimum atomic E-state index is -2.70. The van der Waals surface area contributed by atoms with E-state index >= 15 is 0 Å². The highest BCUT2D eigenvalue weighted by atomic mass is 31.2. The molecule has 112 valence electrons. The summed E-state index contributed by atoms with van der Waals surface area (Å²) in [5.41, 5.74) is 6.81. The molecule has 1 atom stereocenters. The number of hydrogen-bond donors (Lipinski definition) is 1. The number of nitrogens with two attached hydrogens (primary N) is 1. The first-order chi connectivity index (χ1) is 9.62. The van der Waals surface area contributed by atoms with E-state index in [1.54, 1.807) is 6.66 Å². The van der Waals surface area contributed by atoms with Crippen LogP contribution in [0.25, 0.3) is 0 Å². The van der Waals surface area contributed by atoms with Crippen molar-refractivity contribution in [2.24, 2.45) is 5.73 Å². The van der Waals surface area contributed by atoms with Crippen LogP contribution in [-0.2, 0) is 15.7 Å². The van der Waals surface area contributed by atoms with E-state index in [0.717, 1.165) is 37.7 Å². The van der Waals surface area contributed by atoms with Crippen molar-refractivity contribution in [3.63, 3.8) is 0 Å². The average Bonchev–Trinajstić information content (AvgIpc) is 2.48. The van der Waals surface area contributed by atoms with E-state index in [0.29, 0.717) is 12.3 Å². The third kappa shape index (κ3) is 4.34. The standard InChI is InChI=1S/C15H24NO3P/c1-20(17,15-5-3-2-4-6-15)19-18-14-9-7-13(8-10-14)11-12-16/h7-10,15H,2-6,11-12,16H2,1H3. The normalized spacial score (nSPS) is 19.5. The van der Waals surface area contributed by atoms with E-state index in [4.69, 9.17) is 15.3 Å². The lowest BCUT2D eigenvalue weighted by molar-refractivity contribution is -0.0983. The summed E-state index contributed by atoms with van der Waals surface area (Å²) in [6.07, 6.45) is 6.31. The summed E-state index contributed by atoms with van der Waals surface area (Å²) in [5.74, 6) is 0.587. The SMILES string of the molecule is CP(=O)(OOc1ccc(CCN)cc1)C1CCCCC1. The summed E-state index contributed by atoms with van der Waals surface area (Å²) in [6, 6.07) is 7.55. The van der Waals surface area contributed by atoms with Gasteiger partial charge in [0.15, 0.2) is 5.75 Å². The number of hydrogen-bond acceptors (Lipinski definition) is 4. The zero-order chi connectivity index (χ0) is 14.4. The Morgan fingerprint density at radius 1 is 1.20 bits per heavy atom. The lowest BCUT2D eigenvalue weighted by Gasteiger charge is -2.26. The summed E-state index contributed by atoms with van der Waals surface area (Å²) >= 11 is 0. The van der Waals surface area contributed by atoms with Crippen LogP contribution in [0.15, 0.2) is 24.3 Å². The van der Waals surface area contributed by atoms with Gasteiger partial charge >= 0.3 is 0 Å². The fourth-order valence-electron chi connectivity index (χ4n) is 2.61. The molecule has 0 radical (unpaired) electrons. The van der Waals surface area contributed by atoms with Crippen molar-refractivity contribution in [3.05, 3.63) is 29.8 Å². The molecule has 0 aliphatic heterocycles. The van der Waals surface area contributed by atoms with Crippen LogP contribution in [0.2, 0.25) is 0 Å². The highest BCUT2D eigenvalue weighted by molar-refractivity contribution is 7.58. The smallest absolute Gasteiger partial charge is 0.248 e. The summed E-state index contributed by atoms with van der Waals surface area (Å²) < 4.78 is 17.8. The fraction of sp³-hybridized carbons (Fsp3) is 0.600. The summed E-state index contributed by atoms with van der Waals surface area (Å²) in [5, 5.41) is 0. The monoisotopic (exact) mass is 297 g/mol. The molecule has 0 amide bonds. The van der Waals surface area contributed by atoms with Crippen molar-refractivity contribution in [3.8, 4) is 5.75 Å². The minimum Gasteiger partial charge on any atom is -0.331 e. The molecule has 1 aromatic carbocycles. The predicted molar refractivity (Wildman–Crippen MR) is 81.3 cm³/mol. The van der Waals surface area contributed by atoms with Crippen molar-refractivity contribution in [1.29, 1.82) is 0 Å². The molecule has 20 heavy (non-hydrogen) atoms.